The van der Waals surface area contributed by atoms with E-state index in [4.69, 9.17) is 11.6 Å². The average Bonchev–Trinajstić information content (AvgIpc) is 2.95. The lowest BCUT2D eigenvalue weighted by molar-refractivity contribution is -0.384. The van der Waals surface area contributed by atoms with Crippen LogP contribution in [-0.4, -0.2) is 46.9 Å². The highest BCUT2D eigenvalue weighted by Crippen LogP contribution is 2.37. The molecule has 0 bridgehead atoms. The highest BCUT2D eigenvalue weighted by Gasteiger charge is 2.42. The van der Waals surface area contributed by atoms with Gasteiger partial charge in [0.25, 0.3) is 17.5 Å². The molecule has 0 unspecified atom stereocenters. The van der Waals surface area contributed by atoms with E-state index >= 15 is 0 Å². The third kappa shape index (κ3) is 3.59. The highest BCUT2D eigenvalue weighted by atomic mass is 35.5. The number of carbonyl (C=O) groups excluding carboxylic acids is 2. The number of aliphatic hydroxyl groups is 1. The molecule has 2 aromatic rings. The zero-order chi connectivity index (χ0) is 21.3. The average molecular weight is 416 g/mol. The molecule has 0 fully saturated rings. The molecule has 3 rings (SSSR count). The first-order valence-electron chi connectivity index (χ1n) is 8.73. The molecular weight excluding hydrogens is 398 g/mol. The second kappa shape index (κ2) is 8.02. The van der Waals surface area contributed by atoms with Gasteiger partial charge in [-0.3, -0.25) is 19.7 Å². The summed E-state index contributed by atoms with van der Waals surface area (Å²) < 4.78 is 0. The van der Waals surface area contributed by atoms with Gasteiger partial charge in [-0.1, -0.05) is 17.7 Å². The number of aliphatic hydroxyl groups excluding tert-OH is 1. The number of hydrogen-bond donors (Lipinski definition) is 1. The van der Waals surface area contributed by atoms with Gasteiger partial charge in [0.1, 0.15) is 5.70 Å². The summed E-state index contributed by atoms with van der Waals surface area (Å²) in [5, 5.41) is 20.6. The Bertz CT molecular complexity index is 1030. The van der Waals surface area contributed by atoms with Gasteiger partial charge < -0.3 is 10.0 Å². The van der Waals surface area contributed by atoms with Gasteiger partial charge in [-0.05, 0) is 42.3 Å². The Morgan fingerprint density at radius 2 is 1.79 bits per heavy atom. The molecule has 0 aromatic heterocycles. The Kier molecular flexibility index (Phi) is 5.67. The molecule has 1 aliphatic rings. The molecule has 2 amide bonds. The molecule has 0 aliphatic carbocycles. The zero-order valence-electron chi connectivity index (χ0n) is 15.8. The van der Waals surface area contributed by atoms with Crippen LogP contribution in [0.15, 0.2) is 48.2 Å². The number of non-ortho nitro benzene ring substituents is 1. The fraction of sp³-hybridized carbons (Fsp3) is 0.200. The van der Waals surface area contributed by atoms with E-state index < -0.39 is 16.7 Å². The van der Waals surface area contributed by atoms with Gasteiger partial charge in [0.05, 0.1) is 22.8 Å². The summed E-state index contributed by atoms with van der Waals surface area (Å²) in [6.45, 7) is 1.62. The predicted octanol–water partition coefficient (Wildman–Crippen LogP) is 2.77. The van der Waals surface area contributed by atoms with Crippen LogP contribution in [0, 0.1) is 17.0 Å². The second-order valence-corrected chi connectivity index (χ2v) is 6.91. The Labute approximate surface area is 171 Å². The fourth-order valence-electron chi connectivity index (χ4n) is 3.20. The summed E-state index contributed by atoms with van der Waals surface area (Å²) in [4.78, 5) is 39.5. The number of halogens is 1. The van der Waals surface area contributed by atoms with Crippen LogP contribution in [0.4, 0.5) is 11.4 Å². The number of imide groups is 1. The summed E-state index contributed by atoms with van der Waals surface area (Å²) in [6.07, 6.45) is 0. The van der Waals surface area contributed by atoms with E-state index in [9.17, 15) is 24.8 Å². The summed E-state index contributed by atoms with van der Waals surface area (Å²) in [6, 6.07) is 10.3. The zero-order valence-corrected chi connectivity index (χ0v) is 16.5. The van der Waals surface area contributed by atoms with Crippen molar-refractivity contribution in [3.8, 4) is 0 Å². The van der Waals surface area contributed by atoms with Crippen molar-refractivity contribution in [2.24, 2.45) is 0 Å². The molecule has 0 radical (unpaired) electrons. The first-order chi connectivity index (χ1) is 13.8. The third-order valence-electron chi connectivity index (χ3n) is 4.72. The smallest absolute Gasteiger partial charge is 0.282 e. The maximum atomic E-state index is 13.3. The minimum atomic E-state index is -0.561. The van der Waals surface area contributed by atoms with E-state index in [1.807, 2.05) is 0 Å². The molecule has 0 atom stereocenters. The molecule has 1 aliphatic heterocycles. The van der Waals surface area contributed by atoms with E-state index in [0.717, 1.165) is 4.90 Å². The van der Waals surface area contributed by atoms with E-state index in [2.05, 4.69) is 0 Å². The quantitative estimate of drug-likeness (QED) is 0.442. The molecule has 8 nitrogen and oxygen atoms in total. The fourth-order valence-corrected chi connectivity index (χ4v) is 3.37. The van der Waals surface area contributed by atoms with Gasteiger partial charge in [-0.25, -0.2) is 4.90 Å². The largest absolute Gasteiger partial charge is 0.395 e. The number of anilines is 1. The molecular formula is C20H18ClN3O5. The van der Waals surface area contributed by atoms with Gasteiger partial charge in [0, 0.05) is 30.7 Å². The highest BCUT2D eigenvalue weighted by molar-refractivity contribution is 6.46. The molecule has 0 saturated carbocycles. The van der Waals surface area contributed by atoms with Crippen molar-refractivity contribution in [2.45, 2.75) is 6.92 Å². The minimum Gasteiger partial charge on any atom is -0.395 e. The first-order valence-corrected chi connectivity index (χ1v) is 9.10. The van der Waals surface area contributed by atoms with Crippen molar-refractivity contribution in [2.75, 3.05) is 25.1 Å². The van der Waals surface area contributed by atoms with Crippen molar-refractivity contribution in [1.82, 2.24) is 4.90 Å². The summed E-state index contributed by atoms with van der Waals surface area (Å²) in [5.41, 5.74) is 1.40. The molecule has 1 N–H and O–H groups in total. The van der Waals surface area contributed by atoms with Gasteiger partial charge in [-0.2, -0.15) is 0 Å². The minimum absolute atomic E-state index is 0.109. The summed E-state index contributed by atoms with van der Waals surface area (Å²) in [7, 11) is 1.59. The molecule has 29 heavy (non-hydrogen) atoms. The molecule has 0 spiro atoms. The second-order valence-electron chi connectivity index (χ2n) is 6.50. The van der Waals surface area contributed by atoms with Crippen molar-refractivity contribution < 1.29 is 19.6 Å². The lowest BCUT2D eigenvalue weighted by atomic mass is 10.0. The molecule has 9 heteroatoms. The van der Waals surface area contributed by atoms with Crippen LogP contribution in [-0.2, 0) is 9.59 Å². The van der Waals surface area contributed by atoms with Crippen LogP contribution in [0.1, 0.15) is 11.1 Å². The standard InChI is InChI=1S/C20H18ClN3O5/c1-12-15(21)4-3-5-16(12)23-19(26)17(18(20(23)27)22(2)10-11-25)13-6-8-14(9-7-13)24(28)29/h3-9,25H,10-11H2,1-2H3. The van der Waals surface area contributed by atoms with E-state index in [1.54, 1.807) is 32.2 Å². The van der Waals surface area contributed by atoms with Gasteiger partial charge in [0.15, 0.2) is 0 Å². The molecule has 0 saturated heterocycles. The van der Waals surface area contributed by atoms with E-state index in [0.29, 0.717) is 21.8 Å². The number of nitro groups is 1. The number of benzene rings is 2. The lowest BCUT2D eigenvalue weighted by Crippen LogP contribution is -2.35. The molecule has 1 heterocycles. The monoisotopic (exact) mass is 415 g/mol. The number of likely N-dealkylation sites (N-methyl/N-ethyl adjacent to an activating group) is 1. The van der Waals surface area contributed by atoms with Crippen molar-refractivity contribution in [3.63, 3.8) is 0 Å². The van der Waals surface area contributed by atoms with Crippen LogP contribution in [0.5, 0.6) is 0 Å². The molecule has 150 valence electrons. The number of carbonyl (C=O) groups is 2. The number of nitro benzene ring substituents is 1. The van der Waals surface area contributed by atoms with Crippen molar-refractivity contribution in [3.05, 3.63) is 74.4 Å². The predicted molar refractivity (Wildman–Crippen MR) is 108 cm³/mol. The maximum Gasteiger partial charge on any atom is 0.282 e. The third-order valence-corrected chi connectivity index (χ3v) is 5.13. The van der Waals surface area contributed by atoms with Crippen LogP contribution in [0.25, 0.3) is 5.57 Å². The summed E-state index contributed by atoms with van der Waals surface area (Å²) >= 11 is 6.17. The number of rotatable bonds is 6. The van der Waals surface area contributed by atoms with Gasteiger partial charge in [0.2, 0.25) is 0 Å². The molecule has 2 aromatic carbocycles. The lowest BCUT2D eigenvalue weighted by Gasteiger charge is -2.21. The normalized spacial score (nSPS) is 14.0. The van der Waals surface area contributed by atoms with Crippen LogP contribution in [0.2, 0.25) is 5.02 Å². The SMILES string of the molecule is Cc1c(Cl)cccc1N1C(=O)C(c2ccc([N+](=O)[O-])cc2)=C(N(C)CCO)C1=O. The first kappa shape index (κ1) is 20.5. The summed E-state index contributed by atoms with van der Waals surface area (Å²) in [5.74, 6) is -1.11. The van der Waals surface area contributed by atoms with Gasteiger partial charge >= 0.3 is 0 Å². The Hall–Kier alpha value is -3.23. The number of nitrogens with zero attached hydrogens (tertiary/aromatic N) is 3. The van der Waals surface area contributed by atoms with Crippen LogP contribution < -0.4 is 4.90 Å². The van der Waals surface area contributed by atoms with Crippen molar-refractivity contribution in [1.29, 1.82) is 0 Å². The van der Waals surface area contributed by atoms with Gasteiger partial charge in [-0.15, -0.1) is 0 Å². The number of hydrogen-bond acceptors (Lipinski definition) is 6. The number of amides is 2. The Morgan fingerprint density at radius 3 is 2.38 bits per heavy atom. The maximum absolute atomic E-state index is 13.3. The van der Waals surface area contributed by atoms with E-state index in [1.165, 1.54) is 29.2 Å². The Balaban J connectivity index is 2.15. The van der Waals surface area contributed by atoms with Crippen molar-refractivity contribution >= 4 is 40.4 Å². The van der Waals surface area contributed by atoms with Crippen LogP contribution in [0.3, 0.4) is 0 Å². The topological polar surface area (TPSA) is 104 Å². The van der Waals surface area contributed by atoms with Crippen LogP contribution >= 0.6 is 11.6 Å². The Morgan fingerprint density at radius 1 is 1.14 bits per heavy atom. The van der Waals surface area contributed by atoms with E-state index in [-0.39, 0.29) is 30.1 Å².